The largest absolute Gasteiger partial charge is 0.497 e. The van der Waals surface area contributed by atoms with Crippen LogP contribution in [0.1, 0.15) is 0 Å². The second kappa shape index (κ2) is 4.86. The number of piperazine rings is 1. The standard InChI is InChI=1S/C11H15BrN2O/c1-15-9-2-3-11(10(12)8-9)14-6-4-13-5-7-14/h2-3,8,13H,4-7H2,1H3. The molecule has 1 N–H and O–H groups in total. The highest BCUT2D eigenvalue weighted by molar-refractivity contribution is 9.10. The van der Waals surface area contributed by atoms with Crippen molar-refractivity contribution in [3.8, 4) is 5.75 Å². The molecule has 0 radical (unpaired) electrons. The zero-order chi connectivity index (χ0) is 10.7. The van der Waals surface area contributed by atoms with Crippen LogP contribution >= 0.6 is 15.9 Å². The molecule has 0 atom stereocenters. The Balaban J connectivity index is 2.19. The third-order valence-corrected chi connectivity index (χ3v) is 3.25. The fraction of sp³-hybridized carbons (Fsp3) is 0.455. The van der Waals surface area contributed by atoms with Crippen LogP contribution in [0.25, 0.3) is 0 Å². The Bertz CT molecular complexity index is 337. The van der Waals surface area contributed by atoms with Crippen molar-refractivity contribution in [3.63, 3.8) is 0 Å². The first kappa shape index (κ1) is 10.8. The summed E-state index contributed by atoms with van der Waals surface area (Å²) in [5, 5.41) is 3.34. The van der Waals surface area contributed by atoms with Gasteiger partial charge >= 0.3 is 0 Å². The Morgan fingerprint density at radius 2 is 2.07 bits per heavy atom. The highest BCUT2D eigenvalue weighted by atomic mass is 79.9. The van der Waals surface area contributed by atoms with Gasteiger partial charge in [0.1, 0.15) is 5.75 Å². The van der Waals surface area contributed by atoms with Crippen LogP contribution in [0.15, 0.2) is 22.7 Å². The predicted octanol–water partition coefficient (Wildman–Crippen LogP) is 1.87. The van der Waals surface area contributed by atoms with Gasteiger partial charge < -0.3 is 15.0 Å². The first-order chi connectivity index (χ1) is 7.31. The van der Waals surface area contributed by atoms with Gasteiger partial charge in [0.15, 0.2) is 0 Å². The summed E-state index contributed by atoms with van der Waals surface area (Å²) in [7, 11) is 1.69. The molecule has 0 aromatic heterocycles. The molecule has 3 nitrogen and oxygen atoms in total. The third-order valence-electron chi connectivity index (χ3n) is 2.61. The van der Waals surface area contributed by atoms with E-state index in [-0.39, 0.29) is 0 Å². The molecule has 0 saturated carbocycles. The highest BCUT2D eigenvalue weighted by Crippen LogP contribution is 2.30. The molecule has 1 fully saturated rings. The molecule has 4 heteroatoms. The number of methoxy groups -OCH3 is 1. The fourth-order valence-electron chi connectivity index (χ4n) is 1.78. The molecular formula is C11H15BrN2O. The Hall–Kier alpha value is -0.740. The van der Waals surface area contributed by atoms with Gasteiger partial charge in [0.05, 0.1) is 12.8 Å². The van der Waals surface area contributed by atoms with E-state index in [0.717, 1.165) is 36.4 Å². The topological polar surface area (TPSA) is 24.5 Å². The maximum atomic E-state index is 5.18. The summed E-state index contributed by atoms with van der Waals surface area (Å²) < 4.78 is 6.28. The van der Waals surface area contributed by atoms with Crippen LogP contribution in [0.2, 0.25) is 0 Å². The highest BCUT2D eigenvalue weighted by Gasteiger charge is 2.13. The van der Waals surface area contributed by atoms with Gasteiger partial charge in [-0.05, 0) is 34.1 Å². The van der Waals surface area contributed by atoms with Crippen molar-refractivity contribution in [2.75, 3.05) is 38.2 Å². The second-order valence-corrected chi connectivity index (χ2v) is 4.41. The van der Waals surface area contributed by atoms with Gasteiger partial charge in [0.25, 0.3) is 0 Å². The van der Waals surface area contributed by atoms with Crippen LogP contribution < -0.4 is 15.0 Å². The molecule has 1 aromatic rings. The maximum absolute atomic E-state index is 5.18. The zero-order valence-electron chi connectivity index (χ0n) is 8.79. The summed E-state index contributed by atoms with van der Waals surface area (Å²) in [5.74, 6) is 0.890. The molecule has 1 aromatic carbocycles. The van der Waals surface area contributed by atoms with Gasteiger partial charge in [-0.1, -0.05) is 0 Å². The number of ether oxygens (including phenoxy) is 1. The van der Waals surface area contributed by atoms with Crippen molar-refractivity contribution in [2.45, 2.75) is 0 Å². The molecule has 82 valence electrons. The molecule has 0 unspecified atom stereocenters. The molecule has 0 spiro atoms. The summed E-state index contributed by atoms with van der Waals surface area (Å²) in [6, 6.07) is 6.12. The van der Waals surface area contributed by atoms with Crippen LogP contribution in [-0.2, 0) is 0 Å². The average Bonchev–Trinajstić information content (AvgIpc) is 2.30. The molecule has 1 aliphatic heterocycles. The van der Waals surface area contributed by atoms with E-state index >= 15 is 0 Å². The first-order valence-electron chi connectivity index (χ1n) is 5.10. The molecule has 15 heavy (non-hydrogen) atoms. The molecular weight excluding hydrogens is 256 g/mol. The van der Waals surface area contributed by atoms with Crippen molar-refractivity contribution in [3.05, 3.63) is 22.7 Å². The van der Waals surface area contributed by atoms with E-state index < -0.39 is 0 Å². The lowest BCUT2D eigenvalue weighted by molar-refractivity contribution is 0.414. The van der Waals surface area contributed by atoms with E-state index in [0.29, 0.717) is 0 Å². The maximum Gasteiger partial charge on any atom is 0.120 e. The fourth-order valence-corrected chi connectivity index (χ4v) is 2.39. The van der Waals surface area contributed by atoms with E-state index in [4.69, 9.17) is 4.74 Å². The normalized spacial score (nSPS) is 16.5. The van der Waals surface area contributed by atoms with E-state index in [2.05, 4.69) is 32.2 Å². The van der Waals surface area contributed by atoms with Gasteiger partial charge in [-0.15, -0.1) is 0 Å². The molecule has 1 saturated heterocycles. The quantitative estimate of drug-likeness (QED) is 0.888. The number of nitrogens with zero attached hydrogens (tertiary/aromatic N) is 1. The molecule has 0 amide bonds. The number of nitrogens with one attached hydrogen (secondary N) is 1. The summed E-state index contributed by atoms with van der Waals surface area (Å²) in [4.78, 5) is 2.38. The van der Waals surface area contributed by atoms with Crippen molar-refractivity contribution in [2.24, 2.45) is 0 Å². The number of benzene rings is 1. The van der Waals surface area contributed by atoms with E-state index in [9.17, 15) is 0 Å². The number of hydrogen-bond acceptors (Lipinski definition) is 3. The Morgan fingerprint density at radius 3 is 2.67 bits per heavy atom. The molecule has 0 bridgehead atoms. The minimum absolute atomic E-state index is 0.890. The van der Waals surface area contributed by atoms with Crippen molar-refractivity contribution in [1.29, 1.82) is 0 Å². The molecule has 2 rings (SSSR count). The van der Waals surface area contributed by atoms with Crippen LogP contribution in [0.3, 0.4) is 0 Å². The van der Waals surface area contributed by atoms with E-state index in [1.54, 1.807) is 7.11 Å². The monoisotopic (exact) mass is 270 g/mol. The number of anilines is 1. The lowest BCUT2D eigenvalue weighted by Crippen LogP contribution is -2.43. The van der Waals surface area contributed by atoms with Crippen molar-refractivity contribution < 1.29 is 4.74 Å². The minimum Gasteiger partial charge on any atom is -0.497 e. The summed E-state index contributed by atoms with van der Waals surface area (Å²) in [6.45, 7) is 4.23. The van der Waals surface area contributed by atoms with Gasteiger partial charge in [0, 0.05) is 30.7 Å². The van der Waals surface area contributed by atoms with Crippen molar-refractivity contribution in [1.82, 2.24) is 5.32 Å². The SMILES string of the molecule is COc1ccc(N2CCNCC2)c(Br)c1. The van der Waals surface area contributed by atoms with Crippen LogP contribution in [0.5, 0.6) is 5.75 Å². The van der Waals surface area contributed by atoms with E-state index in [1.165, 1.54) is 5.69 Å². The van der Waals surface area contributed by atoms with Gasteiger partial charge in [-0.25, -0.2) is 0 Å². The summed E-state index contributed by atoms with van der Waals surface area (Å²) in [5.41, 5.74) is 1.25. The van der Waals surface area contributed by atoms with Crippen LogP contribution in [-0.4, -0.2) is 33.3 Å². The molecule has 1 aliphatic rings. The zero-order valence-corrected chi connectivity index (χ0v) is 10.4. The van der Waals surface area contributed by atoms with E-state index in [1.807, 2.05) is 12.1 Å². The predicted molar refractivity (Wildman–Crippen MR) is 65.8 cm³/mol. The van der Waals surface area contributed by atoms with Gasteiger partial charge in [0.2, 0.25) is 0 Å². The summed E-state index contributed by atoms with van der Waals surface area (Å²) >= 11 is 3.58. The number of halogens is 1. The minimum atomic E-state index is 0.890. The van der Waals surface area contributed by atoms with Gasteiger partial charge in [-0.2, -0.15) is 0 Å². The first-order valence-corrected chi connectivity index (χ1v) is 5.90. The Morgan fingerprint density at radius 1 is 1.33 bits per heavy atom. The Kier molecular flexibility index (Phi) is 3.49. The van der Waals surface area contributed by atoms with Crippen LogP contribution in [0.4, 0.5) is 5.69 Å². The number of rotatable bonds is 2. The smallest absolute Gasteiger partial charge is 0.120 e. The average molecular weight is 271 g/mol. The van der Waals surface area contributed by atoms with Crippen LogP contribution in [0, 0.1) is 0 Å². The van der Waals surface area contributed by atoms with Crippen molar-refractivity contribution >= 4 is 21.6 Å². The molecule has 1 heterocycles. The lowest BCUT2D eigenvalue weighted by atomic mass is 10.2. The Labute approximate surface area is 98.5 Å². The second-order valence-electron chi connectivity index (χ2n) is 3.55. The molecule has 0 aliphatic carbocycles. The third kappa shape index (κ3) is 2.44. The lowest BCUT2D eigenvalue weighted by Gasteiger charge is -2.30. The van der Waals surface area contributed by atoms with Gasteiger partial charge in [-0.3, -0.25) is 0 Å². The number of hydrogen-bond donors (Lipinski definition) is 1. The summed E-state index contributed by atoms with van der Waals surface area (Å²) in [6.07, 6.45) is 0.